The van der Waals surface area contributed by atoms with Gasteiger partial charge in [-0.05, 0) is 44.9 Å². The topological polar surface area (TPSA) is 69.6 Å². The highest BCUT2D eigenvalue weighted by atomic mass is 16.3. The van der Waals surface area contributed by atoms with Gasteiger partial charge in [0.05, 0.1) is 0 Å². The van der Waals surface area contributed by atoms with Crippen LogP contribution in [-0.2, 0) is 9.59 Å². The number of amides is 2. The van der Waals surface area contributed by atoms with Crippen LogP contribution in [0, 0.1) is 0 Å². The van der Waals surface area contributed by atoms with Crippen LogP contribution in [-0.4, -0.2) is 46.6 Å². The van der Waals surface area contributed by atoms with E-state index in [9.17, 15) is 14.7 Å². The van der Waals surface area contributed by atoms with Gasteiger partial charge in [-0.3, -0.25) is 9.59 Å². The van der Waals surface area contributed by atoms with Crippen molar-refractivity contribution in [3.8, 4) is 0 Å². The lowest BCUT2D eigenvalue weighted by molar-refractivity contribution is -0.145. The lowest BCUT2D eigenvalue weighted by atomic mass is 10.1. The average molecular weight is 308 g/mol. The molecule has 1 saturated carbocycles. The zero-order valence-corrected chi connectivity index (χ0v) is 13.3. The Hall–Kier alpha value is -1.36. The highest BCUT2D eigenvalue weighted by molar-refractivity contribution is 5.90. The Kier molecular flexibility index (Phi) is 6.43. The van der Waals surface area contributed by atoms with Crippen molar-refractivity contribution in [1.82, 2.24) is 10.2 Å². The summed E-state index contributed by atoms with van der Waals surface area (Å²) in [5.74, 6) is -0.330. The summed E-state index contributed by atoms with van der Waals surface area (Å²) in [6, 6.07) is -0.0802. The van der Waals surface area contributed by atoms with Gasteiger partial charge in [-0.15, -0.1) is 6.58 Å². The van der Waals surface area contributed by atoms with Crippen molar-refractivity contribution >= 4 is 11.8 Å². The van der Waals surface area contributed by atoms with Crippen LogP contribution < -0.4 is 5.32 Å². The Morgan fingerprint density at radius 2 is 2.05 bits per heavy atom. The lowest BCUT2D eigenvalue weighted by Crippen LogP contribution is -2.49. The molecule has 2 unspecified atom stereocenters. The number of unbranched alkanes of at least 4 members (excludes halogenated alkanes) is 3. The van der Waals surface area contributed by atoms with E-state index in [0.29, 0.717) is 25.4 Å². The Morgan fingerprint density at radius 3 is 2.73 bits per heavy atom. The molecule has 0 bridgehead atoms. The van der Waals surface area contributed by atoms with Crippen LogP contribution in [0.2, 0.25) is 0 Å². The van der Waals surface area contributed by atoms with Gasteiger partial charge in [-0.1, -0.05) is 18.9 Å². The minimum atomic E-state index is -0.974. The molecular formula is C17H28N2O3. The number of hydrogen-bond acceptors (Lipinski definition) is 3. The number of rotatable bonds is 9. The normalized spacial score (nSPS) is 22.4. The number of aliphatic hydroxyl groups excluding tert-OH is 1. The third-order valence-electron chi connectivity index (χ3n) is 4.43. The summed E-state index contributed by atoms with van der Waals surface area (Å²) in [5, 5.41) is 13.0. The summed E-state index contributed by atoms with van der Waals surface area (Å²) in [7, 11) is 0. The first-order chi connectivity index (χ1) is 10.6. The van der Waals surface area contributed by atoms with Crippen LogP contribution in [0.4, 0.5) is 0 Å². The summed E-state index contributed by atoms with van der Waals surface area (Å²) >= 11 is 0. The molecule has 2 fully saturated rings. The van der Waals surface area contributed by atoms with E-state index in [1.807, 2.05) is 6.08 Å². The van der Waals surface area contributed by atoms with E-state index in [2.05, 4.69) is 11.9 Å². The SMILES string of the molecule is C=CCCCCCC(O)C(=O)N1CCCC1C(=O)NC1CC1. The smallest absolute Gasteiger partial charge is 0.252 e. The minimum Gasteiger partial charge on any atom is -0.383 e. The molecule has 1 heterocycles. The van der Waals surface area contributed by atoms with Gasteiger partial charge in [0.15, 0.2) is 0 Å². The first kappa shape index (κ1) is 17.0. The lowest BCUT2D eigenvalue weighted by Gasteiger charge is -2.26. The molecule has 2 aliphatic rings. The quantitative estimate of drug-likeness (QED) is 0.504. The van der Waals surface area contributed by atoms with Crippen molar-refractivity contribution in [2.75, 3.05) is 6.54 Å². The largest absolute Gasteiger partial charge is 0.383 e. The fourth-order valence-electron chi connectivity index (χ4n) is 2.95. The molecule has 0 aromatic carbocycles. The second-order valence-electron chi connectivity index (χ2n) is 6.42. The number of allylic oxidation sites excluding steroid dienone is 1. The highest BCUT2D eigenvalue weighted by Crippen LogP contribution is 2.23. The first-order valence-electron chi connectivity index (χ1n) is 8.53. The van der Waals surface area contributed by atoms with Gasteiger partial charge in [0.1, 0.15) is 12.1 Å². The molecule has 2 amide bonds. The summed E-state index contributed by atoms with van der Waals surface area (Å²) in [4.78, 5) is 26.1. The number of aliphatic hydroxyl groups is 1. The predicted molar refractivity (Wildman–Crippen MR) is 85.2 cm³/mol. The molecule has 1 saturated heterocycles. The number of nitrogens with one attached hydrogen (secondary N) is 1. The Bertz CT molecular complexity index is 407. The molecule has 0 aromatic rings. The minimum absolute atomic E-state index is 0.0495. The number of carbonyl (C=O) groups excluding carboxylic acids is 2. The maximum atomic E-state index is 12.4. The second-order valence-corrected chi connectivity index (χ2v) is 6.42. The first-order valence-corrected chi connectivity index (χ1v) is 8.53. The van der Waals surface area contributed by atoms with Crippen molar-refractivity contribution in [3.05, 3.63) is 12.7 Å². The van der Waals surface area contributed by atoms with Crippen LogP contribution in [0.5, 0.6) is 0 Å². The van der Waals surface area contributed by atoms with E-state index in [0.717, 1.165) is 44.9 Å². The van der Waals surface area contributed by atoms with Crippen LogP contribution >= 0.6 is 0 Å². The molecule has 22 heavy (non-hydrogen) atoms. The molecule has 124 valence electrons. The van der Waals surface area contributed by atoms with Crippen molar-refractivity contribution in [2.45, 2.75) is 76.0 Å². The molecule has 0 spiro atoms. The number of nitrogens with zero attached hydrogens (tertiary/aromatic N) is 1. The highest BCUT2D eigenvalue weighted by Gasteiger charge is 2.38. The number of carbonyl (C=O) groups is 2. The van der Waals surface area contributed by atoms with E-state index in [1.54, 1.807) is 4.90 Å². The van der Waals surface area contributed by atoms with E-state index in [1.165, 1.54) is 0 Å². The Labute approximate surface area is 132 Å². The maximum Gasteiger partial charge on any atom is 0.252 e. The standard InChI is InChI=1S/C17H28N2O3/c1-2-3-4-5-6-9-15(20)17(22)19-12-7-8-14(19)16(21)18-13-10-11-13/h2,13-15,20H,1,3-12H2,(H,18,21). The van der Waals surface area contributed by atoms with Gasteiger partial charge in [-0.25, -0.2) is 0 Å². The van der Waals surface area contributed by atoms with E-state index in [4.69, 9.17) is 0 Å². The van der Waals surface area contributed by atoms with Crippen LogP contribution in [0.25, 0.3) is 0 Å². The summed E-state index contributed by atoms with van der Waals surface area (Å²) in [6.45, 7) is 4.25. The fourth-order valence-corrected chi connectivity index (χ4v) is 2.95. The van der Waals surface area contributed by atoms with Gasteiger partial charge in [0, 0.05) is 12.6 Å². The van der Waals surface area contributed by atoms with E-state index < -0.39 is 6.10 Å². The molecule has 5 nitrogen and oxygen atoms in total. The molecular weight excluding hydrogens is 280 g/mol. The molecule has 2 N–H and O–H groups in total. The Morgan fingerprint density at radius 1 is 1.27 bits per heavy atom. The van der Waals surface area contributed by atoms with Gasteiger partial charge in [0.25, 0.3) is 5.91 Å². The maximum absolute atomic E-state index is 12.4. The van der Waals surface area contributed by atoms with Gasteiger partial charge in [0.2, 0.25) is 5.91 Å². The van der Waals surface area contributed by atoms with Crippen molar-refractivity contribution < 1.29 is 14.7 Å². The fraction of sp³-hybridized carbons (Fsp3) is 0.765. The van der Waals surface area contributed by atoms with E-state index >= 15 is 0 Å². The summed E-state index contributed by atoms with van der Waals surface area (Å²) < 4.78 is 0. The van der Waals surface area contributed by atoms with Crippen LogP contribution in [0.3, 0.4) is 0 Å². The molecule has 2 atom stereocenters. The van der Waals surface area contributed by atoms with E-state index in [-0.39, 0.29) is 17.9 Å². The monoisotopic (exact) mass is 308 g/mol. The molecule has 1 aliphatic carbocycles. The van der Waals surface area contributed by atoms with Crippen molar-refractivity contribution in [3.63, 3.8) is 0 Å². The van der Waals surface area contributed by atoms with Crippen molar-refractivity contribution in [2.24, 2.45) is 0 Å². The average Bonchev–Trinajstić information content (AvgIpc) is 3.18. The molecule has 5 heteroatoms. The van der Waals surface area contributed by atoms with Crippen molar-refractivity contribution in [1.29, 1.82) is 0 Å². The van der Waals surface area contributed by atoms with Crippen LogP contribution in [0.1, 0.15) is 57.8 Å². The van der Waals surface area contributed by atoms with Crippen LogP contribution in [0.15, 0.2) is 12.7 Å². The predicted octanol–water partition coefficient (Wildman–Crippen LogP) is 1.75. The Balaban J connectivity index is 1.76. The van der Waals surface area contributed by atoms with Gasteiger partial charge < -0.3 is 15.3 Å². The third-order valence-corrected chi connectivity index (χ3v) is 4.43. The zero-order valence-electron chi connectivity index (χ0n) is 13.3. The molecule has 0 aromatic heterocycles. The molecule has 0 radical (unpaired) electrons. The molecule has 2 rings (SSSR count). The number of likely N-dealkylation sites (tertiary alicyclic amines) is 1. The summed E-state index contributed by atoms with van der Waals surface area (Å²) in [5.41, 5.74) is 0. The van der Waals surface area contributed by atoms with Gasteiger partial charge >= 0.3 is 0 Å². The number of hydrogen-bond donors (Lipinski definition) is 2. The zero-order chi connectivity index (χ0) is 15.9. The summed E-state index contributed by atoms with van der Waals surface area (Å²) in [6.07, 6.45) is 8.84. The second kappa shape index (κ2) is 8.32. The third kappa shape index (κ3) is 4.83. The van der Waals surface area contributed by atoms with Gasteiger partial charge in [-0.2, -0.15) is 0 Å². The molecule has 1 aliphatic heterocycles.